The minimum Gasteiger partial charge on any atom is -0.496 e. The van der Waals surface area contributed by atoms with E-state index in [2.05, 4.69) is 34.9 Å². The highest BCUT2D eigenvalue weighted by Gasteiger charge is 2.23. The topological polar surface area (TPSA) is 127 Å². The molecule has 46 heavy (non-hydrogen) atoms. The lowest BCUT2D eigenvalue weighted by molar-refractivity contribution is -0.386. The predicted molar refractivity (Wildman–Crippen MR) is 178 cm³/mol. The lowest BCUT2D eigenvalue weighted by atomic mass is 9.96. The molecule has 2 heterocycles. The van der Waals surface area contributed by atoms with Gasteiger partial charge in [0, 0.05) is 21.7 Å². The number of ether oxygens (including phenoxy) is 4. The molecule has 1 aliphatic heterocycles. The van der Waals surface area contributed by atoms with Gasteiger partial charge in [0.2, 0.25) is 12.5 Å². The average molecular weight is 686 g/mol. The van der Waals surface area contributed by atoms with Crippen LogP contribution in [0.2, 0.25) is 0 Å². The molecule has 1 aliphatic rings. The number of halogens is 1. The van der Waals surface area contributed by atoms with Gasteiger partial charge in [-0.2, -0.15) is 9.78 Å². The maximum absolute atomic E-state index is 13.9. The minimum atomic E-state index is -0.527. The van der Waals surface area contributed by atoms with Crippen LogP contribution in [0.5, 0.6) is 23.0 Å². The van der Waals surface area contributed by atoms with Crippen molar-refractivity contribution < 1.29 is 23.9 Å². The first-order chi connectivity index (χ1) is 22.1. The van der Waals surface area contributed by atoms with Gasteiger partial charge in [-0.1, -0.05) is 48.0 Å². The third-order valence-corrected chi connectivity index (χ3v) is 8.04. The summed E-state index contributed by atoms with van der Waals surface area (Å²) in [5.41, 5.74) is 3.32. The van der Waals surface area contributed by atoms with Crippen molar-refractivity contribution >= 4 is 38.7 Å². The molecule has 234 valence electrons. The third-order valence-electron chi connectivity index (χ3n) is 7.59. The van der Waals surface area contributed by atoms with E-state index in [4.69, 9.17) is 23.9 Å². The summed E-state index contributed by atoms with van der Waals surface area (Å²) in [7, 11) is 1.62. The smallest absolute Gasteiger partial charge is 0.312 e. The van der Waals surface area contributed by atoms with Crippen LogP contribution in [-0.4, -0.2) is 34.7 Å². The Labute approximate surface area is 272 Å². The van der Waals surface area contributed by atoms with Gasteiger partial charge in [-0.15, -0.1) is 0 Å². The second-order valence-corrected chi connectivity index (χ2v) is 11.9. The van der Waals surface area contributed by atoms with E-state index in [9.17, 15) is 14.9 Å². The van der Waals surface area contributed by atoms with Crippen LogP contribution >= 0.6 is 15.9 Å². The Balaban J connectivity index is 1.49. The molecule has 11 nitrogen and oxygen atoms in total. The quantitative estimate of drug-likeness (QED) is 0.0895. The van der Waals surface area contributed by atoms with Crippen LogP contribution in [0.4, 0.5) is 5.69 Å². The molecule has 0 spiro atoms. The van der Waals surface area contributed by atoms with Gasteiger partial charge in [-0.05, 0) is 72.0 Å². The van der Waals surface area contributed by atoms with Crippen LogP contribution < -0.4 is 24.5 Å². The van der Waals surface area contributed by atoms with E-state index in [-0.39, 0.29) is 36.3 Å². The SMILES string of the molecule is COc1cc(C)c(-c2nc3ccccc3c(=O)n2N=Cc2cc(Br)cc([N+](=O)[O-])c2OCc2ccc3c(c2)OCO3)cc1C(C)C. The van der Waals surface area contributed by atoms with E-state index in [0.717, 1.165) is 22.4 Å². The number of hydrogen-bond donors (Lipinski definition) is 0. The van der Waals surface area contributed by atoms with Crippen LogP contribution in [0.3, 0.4) is 0 Å². The van der Waals surface area contributed by atoms with Gasteiger partial charge in [-0.25, -0.2) is 4.98 Å². The van der Waals surface area contributed by atoms with Crippen molar-refractivity contribution in [2.75, 3.05) is 13.9 Å². The first kappa shape index (κ1) is 30.8. The second-order valence-electron chi connectivity index (χ2n) is 11.0. The van der Waals surface area contributed by atoms with Crippen LogP contribution in [0.25, 0.3) is 22.3 Å². The van der Waals surface area contributed by atoms with Crippen LogP contribution in [0, 0.1) is 17.0 Å². The Kier molecular flexibility index (Phi) is 8.46. The van der Waals surface area contributed by atoms with Gasteiger partial charge in [0.15, 0.2) is 17.3 Å². The average Bonchev–Trinajstić information content (AvgIpc) is 3.51. The van der Waals surface area contributed by atoms with Crippen molar-refractivity contribution in [1.29, 1.82) is 0 Å². The molecule has 5 aromatic rings. The highest BCUT2D eigenvalue weighted by Crippen LogP contribution is 2.37. The summed E-state index contributed by atoms with van der Waals surface area (Å²) in [6.45, 7) is 6.16. The summed E-state index contributed by atoms with van der Waals surface area (Å²) in [4.78, 5) is 30.4. The molecule has 4 aromatic carbocycles. The van der Waals surface area contributed by atoms with E-state index < -0.39 is 10.5 Å². The van der Waals surface area contributed by atoms with Gasteiger partial charge >= 0.3 is 5.69 Å². The van der Waals surface area contributed by atoms with Crippen molar-refractivity contribution in [3.8, 4) is 34.4 Å². The molecule has 0 fully saturated rings. The molecular formula is C34H29BrN4O7. The molecule has 0 bridgehead atoms. The van der Waals surface area contributed by atoms with Gasteiger partial charge in [-0.3, -0.25) is 14.9 Å². The first-order valence-electron chi connectivity index (χ1n) is 14.4. The number of rotatable bonds is 9. The van der Waals surface area contributed by atoms with Crippen molar-refractivity contribution in [2.45, 2.75) is 33.3 Å². The highest BCUT2D eigenvalue weighted by molar-refractivity contribution is 9.10. The molecule has 0 aliphatic carbocycles. The standard InChI is InChI=1S/C34H29BrN4O7/c1-19(2)25-15-26(20(3)11-30(25)43-4)33-37-27-8-6-5-7-24(27)34(40)38(33)36-16-22-13-23(35)14-28(39(41)42)32(22)44-17-21-9-10-29-31(12-21)46-18-45-29/h5-16,19H,17-18H2,1-4H3. The molecule has 0 radical (unpaired) electrons. The second kappa shape index (κ2) is 12.6. The van der Waals surface area contributed by atoms with Crippen molar-refractivity contribution in [2.24, 2.45) is 5.10 Å². The molecule has 1 aromatic heterocycles. The Morgan fingerprint density at radius 1 is 1.11 bits per heavy atom. The van der Waals surface area contributed by atoms with E-state index in [1.807, 2.05) is 25.1 Å². The molecule has 0 N–H and O–H groups in total. The molecule has 0 saturated carbocycles. The van der Waals surface area contributed by atoms with Crippen molar-refractivity contribution in [3.63, 3.8) is 0 Å². The number of hydrogen-bond acceptors (Lipinski definition) is 9. The van der Waals surface area contributed by atoms with Crippen LogP contribution in [0.15, 0.2) is 81.1 Å². The first-order valence-corrected chi connectivity index (χ1v) is 15.2. The van der Waals surface area contributed by atoms with Gasteiger partial charge in [0.05, 0.1) is 29.2 Å². The number of nitrogens with zero attached hydrogens (tertiary/aromatic N) is 4. The van der Waals surface area contributed by atoms with Crippen LogP contribution in [0.1, 0.15) is 42.0 Å². The van der Waals surface area contributed by atoms with Crippen molar-refractivity contribution in [1.82, 2.24) is 9.66 Å². The lowest BCUT2D eigenvalue weighted by Crippen LogP contribution is -2.21. The number of aromatic nitrogens is 2. The molecule has 6 rings (SSSR count). The molecular weight excluding hydrogens is 656 g/mol. The van der Waals surface area contributed by atoms with E-state index in [0.29, 0.717) is 38.3 Å². The number of benzene rings is 4. The van der Waals surface area contributed by atoms with Gasteiger partial charge < -0.3 is 18.9 Å². The lowest BCUT2D eigenvalue weighted by Gasteiger charge is -2.17. The molecule has 0 unspecified atom stereocenters. The zero-order valence-corrected chi connectivity index (χ0v) is 27.0. The normalized spacial score (nSPS) is 12.3. The van der Waals surface area contributed by atoms with Gasteiger partial charge in [0.25, 0.3) is 5.56 Å². The third kappa shape index (κ3) is 5.91. The summed E-state index contributed by atoms with van der Waals surface area (Å²) in [5.74, 6) is 2.35. The summed E-state index contributed by atoms with van der Waals surface area (Å²) in [6.07, 6.45) is 1.37. The summed E-state index contributed by atoms with van der Waals surface area (Å²) >= 11 is 3.37. The molecule has 12 heteroatoms. The number of nitro benzene ring substituents is 1. The summed E-state index contributed by atoms with van der Waals surface area (Å²) in [5, 5.41) is 17.1. The minimum absolute atomic E-state index is 0.00566. The maximum atomic E-state index is 13.9. The number of nitro groups is 1. The van der Waals surface area contributed by atoms with E-state index in [1.54, 1.807) is 49.6 Å². The molecule has 0 atom stereocenters. The Hall–Kier alpha value is -5.23. The zero-order chi connectivity index (χ0) is 32.5. The maximum Gasteiger partial charge on any atom is 0.312 e. The number of aryl methyl sites for hydroxylation is 1. The predicted octanol–water partition coefficient (Wildman–Crippen LogP) is 7.36. The summed E-state index contributed by atoms with van der Waals surface area (Å²) < 4.78 is 24.2. The Morgan fingerprint density at radius 2 is 1.89 bits per heavy atom. The summed E-state index contributed by atoms with van der Waals surface area (Å²) in [6, 6.07) is 19.2. The highest BCUT2D eigenvalue weighted by atomic mass is 79.9. The number of methoxy groups -OCH3 is 1. The fourth-order valence-corrected chi connectivity index (χ4v) is 5.73. The largest absolute Gasteiger partial charge is 0.496 e. The van der Waals surface area contributed by atoms with E-state index >= 15 is 0 Å². The Bertz CT molecular complexity index is 2090. The monoisotopic (exact) mass is 684 g/mol. The van der Waals surface area contributed by atoms with Crippen molar-refractivity contribution in [3.05, 3.63) is 114 Å². The van der Waals surface area contributed by atoms with Gasteiger partial charge in [0.1, 0.15) is 12.4 Å². The molecule has 0 saturated heterocycles. The number of para-hydroxylation sites is 1. The Morgan fingerprint density at radius 3 is 2.65 bits per heavy atom. The molecule has 0 amide bonds. The number of fused-ring (bicyclic) bond motifs is 2. The fraction of sp³-hybridized carbons (Fsp3) is 0.206. The fourth-order valence-electron chi connectivity index (χ4n) is 5.27. The van der Waals surface area contributed by atoms with E-state index in [1.165, 1.54) is 17.0 Å². The zero-order valence-electron chi connectivity index (χ0n) is 25.4. The van der Waals surface area contributed by atoms with Crippen LogP contribution in [-0.2, 0) is 6.61 Å².